The number of aryl methyl sites for hydroxylation is 1. The molecule has 0 atom stereocenters. The summed E-state index contributed by atoms with van der Waals surface area (Å²) in [5.74, 6) is -7.65. The van der Waals surface area contributed by atoms with E-state index in [0.717, 1.165) is 22.2 Å². The molecule has 12 nitrogen and oxygen atoms in total. The molecule has 0 aliphatic heterocycles. The van der Waals surface area contributed by atoms with Gasteiger partial charge in [0, 0.05) is 80.6 Å². The lowest BCUT2D eigenvalue weighted by atomic mass is 10.1. The quantitative estimate of drug-likeness (QED) is 0.0493. The van der Waals surface area contributed by atoms with E-state index in [9.17, 15) is 34.2 Å². The Morgan fingerprint density at radius 3 is 1.33 bits per heavy atom. The van der Waals surface area contributed by atoms with Crippen LogP contribution in [-0.4, -0.2) is 64.1 Å². The van der Waals surface area contributed by atoms with Crippen molar-refractivity contribution in [2.45, 2.75) is 20.0 Å². The highest BCUT2D eigenvalue weighted by molar-refractivity contribution is 6.39. The summed E-state index contributed by atoms with van der Waals surface area (Å²) in [4.78, 5) is 55.2. The normalized spacial score (nSPS) is 11.6. The fourth-order valence-corrected chi connectivity index (χ4v) is 5.92. The first-order valence-corrected chi connectivity index (χ1v) is 16.7. The topological polar surface area (TPSA) is 196 Å². The lowest BCUT2D eigenvalue weighted by Gasteiger charge is -2.06. The highest BCUT2D eigenvalue weighted by Gasteiger charge is 2.18. The zero-order chi connectivity index (χ0) is 39.3. The highest BCUT2D eigenvalue weighted by Crippen LogP contribution is 2.31. The van der Waals surface area contributed by atoms with Crippen molar-refractivity contribution in [3.05, 3.63) is 153 Å². The van der Waals surface area contributed by atoms with Gasteiger partial charge in [-0.1, -0.05) is 65.2 Å². The van der Waals surface area contributed by atoms with Crippen LogP contribution < -0.4 is 0 Å². The number of fused-ring (bicyclic) bond motifs is 2. The van der Waals surface area contributed by atoms with E-state index in [1.807, 2.05) is 41.8 Å². The standard InChI is InChI=1S/C20H14ClNO6.C20H16ClNO4/c21-13-5-6-16-14(7-13)15(17(23)8-18(24)20(27)28)10-22(16)9-11-1-3-12(4-2-11)19(25)26;1-12-2-4-13(5-3-12)10-22-11-16(18(23)9-19(24)20(25)26)15-8-14(21)6-7-17(15)22/h1-8,10,23H,9H2,(H,25,26)(H,27,28);2-9,11,23H,10H2,1H3,(H,25,26). The van der Waals surface area contributed by atoms with E-state index in [1.54, 1.807) is 59.4 Å². The molecule has 0 bridgehead atoms. The average Bonchev–Trinajstić information content (AvgIpc) is 3.66. The Bertz CT molecular complexity index is 2510. The SMILES string of the molecule is Cc1ccc(Cn2cc(C(O)=CC(=O)C(=O)O)c3cc(Cl)ccc32)cc1.O=C(O)C(=O)C=C(O)c1cn(Cc2ccc(C(=O)O)cc2)c2ccc(Cl)cc12. The maximum atomic E-state index is 11.4. The molecule has 14 heteroatoms. The summed E-state index contributed by atoms with van der Waals surface area (Å²) in [6.07, 6.45) is 4.60. The van der Waals surface area contributed by atoms with Crippen molar-refractivity contribution in [2.75, 3.05) is 0 Å². The van der Waals surface area contributed by atoms with Crippen molar-refractivity contribution >= 4 is 86.0 Å². The molecule has 0 amide bonds. The van der Waals surface area contributed by atoms with Crippen LogP contribution in [0.2, 0.25) is 10.0 Å². The fourth-order valence-electron chi connectivity index (χ4n) is 5.58. The molecule has 0 unspecified atom stereocenters. The summed E-state index contributed by atoms with van der Waals surface area (Å²) in [6.45, 7) is 2.92. The molecule has 0 spiro atoms. The first-order chi connectivity index (χ1) is 25.6. The summed E-state index contributed by atoms with van der Waals surface area (Å²) < 4.78 is 3.70. The summed E-state index contributed by atoms with van der Waals surface area (Å²) in [7, 11) is 0. The van der Waals surface area contributed by atoms with Crippen molar-refractivity contribution in [3.8, 4) is 0 Å². The third kappa shape index (κ3) is 9.05. The molecule has 2 heterocycles. The number of aliphatic hydroxyl groups is 2. The number of aromatic carboxylic acids is 1. The van der Waals surface area contributed by atoms with Crippen molar-refractivity contribution in [1.82, 2.24) is 9.13 Å². The molecule has 54 heavy (non-hydrogen) atoms. The fraction of sp³-hybridized carbons (Fsp3) is 0.0750. The van der Waals surface area contributed by atoms with Crippen LogP contribution in [-0.2, 0) is 32.3 Å². The zero-order valence-corrected chi connectivity index (χ0v) is 29.7. The van der Waals surface area contributed by atoms with Gasteiger partial charge in [-0.05, 0) is 66.6 Å². The molecule has 0 radical (unpaired) electrons. The molecule has 0 saturated carbocycles. The number of carbonyl (C=O) groups is 5. The van der Waals surface area contributed by atoms with Gasteiger partial charge in [0.25, 0.3) is 11.6 Å². The van der Waals surface area contributed by atoms with E-state index in [1.165, 1.54) is 12.1 Å². The Kier molecular flexibility index (Phi) is 11.7. The van der Waals surface area contributed by atoms with Crippen molar-refractivity contribution in [3.63, 3.8) is 0 Å². The van der Waals surface area contributed by atoms with Gasteiger partial charge in [0.05, 0.1) is 5.56 Å². The van der Waals surface area contributed by atoms with Crippen LogP contribution in [0.3, 0.4) is 0 Å². The highest BCUT2D eigenvalue weighted by atomic mass is 35.5. The number of hydrogen-bond acceptors (Lipinski definition) is 7. The minimum absolute atomic E-state index is 0.168. The Labute approximate surface area is 316 Å². The lowest BCUT2D eigenvalue weighted by molar-refractivity contribution is -0.146. The van der Waals surface area contributed by atoms with E-state index in [-0.39, 0.29) is 11.1 Å². The number of aliphatic hydroxyl groups excluding tert-OH is 2. The molecule has 6 rings (SSSR count). The molecule has 2 aromatic heterocycles. The van der Waals surface area contributed by atoms with Crippen LogP contribution in [0.4, 0.5) is 0 Å². The Hall–Kier alpha value is -6.63. The number of aromatic nitrogens is 2. The van der Waals surface area contributed by atoms with E-state index < -0.39 is 41.0 Å². The summed E-state index contributed by atoms with van der Waals surface area (Å²) in [6, 6.07) is 24.6. The van der Waals surface area contributed by atoms with Crippen molar-refractivity contribution in [1.29, 1.82) is 0 Å². The van der Waals surface area contributed by atoms with Crippen molar-refractivity contribution in [2.24, 2.45) is 0 Å². The number of carboxylic acid groups (broad SMARTS) is 3. The third-order valence-electron chi connectivity index (χ3n) is 8.22. The maximum Gasteiger partial charge on any atom is 0.376 e. The second-order valence-electron chi connectivity index (χ2n) is 12.0. The van der Waals surface area contributed by atoms with Gasteiger partial charge < -0.3 is 34.7 Å². The Morgan fingerprint density at radius 2 is 0.963 bits per heavy atom. The maximum absolute atomic E-state index is 11.4. The van der Waals surface area contributed by atoms with Crippen LogP contribution in [0.5, 0.6) is 0 Å². The van der Waals surface area contributed by atoms with Crippen molar-refractivity contribution < 1.29 is 49.5 Å². The van der Waals surface area contributed by atoms with Gasteiger partial charge >= 0.3 is 17.9 Å². The molecule has 4 aromatic carbocycles. The summed E-state index contributed by atoms with van der Waals surface area (Å²) in [5, 5.41) is 49.0. The van der Waals surface area contributed by atoms with Crippen LogP contribution in [0, 0.1) is 6.92 Å². The van der Waals surface area contributed by atoms with Crippen LogP contribution in [0.25, 0.3) is 33.3 Å². The third-order valence-corrected chi connectivity index (χ3v) is 8.69. The molecule has 274 valence electrons. The van der Waals surface area contributed by atoms with Crippen LogP contribution in [0.15, 0.2) is 109 Å². The molecule has 0 aliphatic carbocycles. The summed E-state index contributed by atoms with van der Waals surface area (Å²) >= 11 is 12.1. The monoisotopic (exact) mass is 768 g/mol. The predicted octanol–water partition coefficient (Wildman–Crippen LogP) is 7.80. The van der Waals surface area contributed by atoms with Gasteiger partial charge in [0.2, 0.25) is 0 Å². The van der Waals surface area contributed by atoms with Gasteiger partial charge in [-0.15, -0.1) is 0 Å². The van der Waals surface area contributed by atoms with E-state index in [0.29, 0.717) is 57.1 Å². The largest absolute Gasteiger partial charge is 0.507 e. The van der Waals surface area contributed by atoms with E-state index >= 15 is 0 Å². The first-order valence-electron chi connectivity index (χ1n) is 15.9. The van der Waals surface area contributed by atoms with Gasteiger partial charge in [-0.2, -0.15) is 0 Å². The number of hydrogen-bond donors (Lipinski definition) is 5. The van der Waals surface area contributed by atoms with E-state index in [4.69, 9.17) is 38.5 Å². The van der Waals surface area contributed by atoms with Crippen LogP contribution in [0.1, 0.15) is 38.2 Å². The lowest BCUT2D eigenvalue weighted by Crippen LogP contribution is -2.09. The van der Waals surface area contributed by atoms with Gasteiger partial charge in [0.15, 0.2) is 0 Å². The van der Waals surface area contributed by atoms with Gasteiger partial charge in [-0.3, -0.25) is 9.59 Å². The molecular weight excluding hydrogens is 739 g/mol. The molecule has 0 saturated heterocycles. The number of carboxylic acids is 3. The number of ketones is 2. The number of benzene rings is 4. The minimum Gasteiger partial charge on any atom is -0.507 e. The molecular formula is C40H30Cl2N2O10. The van der Waals surface area contributed by atoms with Crippen LogP contribution >= 0.6 is 23.2 Å². The zero-order valence-electron chi connectivity index (χ0n) is 28.2. The van der Waals surface area contributed by atoms with Gasteiger partial charge in [0.1, 0.15) is 11.5 Å². The second kappa shape index (κ2) is 16.4. The average molecular weight is 770 g/mol. The molecule has 0 aliphatic rings. The Morgan fingerprint density at radius 1 is 0.574 bits per heavy atom. The number of rotatable bonds is 11. The molecule has 5 N–H and O–H groups in total. The van der Waals surface area contributed by atoms with E-state index in [2.05, 4.69) is 0 Å². The number of nitrogens with zero attached hydrogens (tertiary/aromatic N) is 2. The molecule has 0 fully saturated rings. The first kappa shape index (κ1) is 38.6. The number of halogens is 2. The second-order valence-corrected chi connectivity index (χ2v) is 12.9. The Balaban J connectivity index is 0.000000208. The summed E-state index contributed by atoms with van der Waals surface area (Å²) in [5.41, 5.74) is 5.33. The number of aliphatic carboxylic acids is 2. The van der Waals surface area contributed by atoms with Gasteiger partial charge in [-0.25, -0.2) is 14.4 Å². The predicted molar refractivity (Wildman–Crippen MR) is 203 cm³/mol. The minimum atomic E-state index is -1.67. The molecule has 6 aromatic rings. The number of carbonyl (C=O) groups excluding carboxylic acids is 2. The smallest absolute Gasteiger partial charge is 0.376 e.